The Hall–Kier alpha value is -1.84. The molecule has 0 aliphatic heterocycles. The predicted molar refractivity (Wildman–Crippen MR) is 64.6 cm³/mol. The molecule has 0 unspecified atom stereocenters. The molecule has 1 atom stereocenters. The molecular weight excluding hydrogens is 218 g/mol. The number of carboxylic acids is 1. The summed E-state index contributed by atoms with van der Waals surface area (Å²) in [6.07, 6.45) is 0.862. The van der Waals surface area contributed by atoms with Gasteiger partial charge in [0.05, 0.1) is 6.42 Å². The summed E-state index contributed by atoms with van der Waals surface area (Å²) in [6, 6.07) is 9.34. The fourth-order valence-corrected chi connectivity index (χ4v) is 1.52. The van der Waals surface area contributed by atoms with Crippen LogP contribution in [0.25, 0.3) is 0 Å². The van der Waals surface area contributed by atoms with Gasteiger partial charge < -0.3 is 10.4 Å². The summed E-state index contributed by atoms with van der Waals surface area (Å²) < 4.78 is 0. The van der Waals surface area contributed by atoms with Gasteiger partial charge >= 0.3 is 5.97 Å². The van der Waals surface area contributed by atoms with Crippen LogP contribution in [0.5, 0.6) is 0 Å². The van der Waals surface area contributed by atoms with Crippen molar-refractivity contribution >= 4 is 11.9 Å². The summed E-state index contributed by atoms with van der Waals surface area (Å²) in [5, 5.41) is 11.3. The average molecular weight is 235 g/mol. The molecule has 92 valence electrons. The van der Waals surface area contributed by atoms with Gasteiger partial charge in [0, 0.05) is 12.5 Å². The Morgan fingerprint density at radius 2 is 1.94 bits per heavy atom. The lowest BCUT2D eigenvalue weighted by Crippen LogP contribution is -2.34. The van der Waals surface area contributed by atoms with E-state index in [0.29, 0.717) is 12.8 Å². The smallest absolute Gasteiger partial charge is 0.303 e. The molecule has 0 bridgehead atoms. The molecule has 2 N–H and O–H groups in total. The van der Waals surface area contributed by atoms with Gasteiger partial charge in [0.2, 0.25) is 5.91 Å². The maximum atomic E-state index is 11.6. The van der Waals surface area contributed by atoms with E-state index in [0.717, 1.165) is 5.56 Å². The molecule has 1 aromatic rings. The van der Waals surface area contributed by atoms with Crippen molar-refractivity contribution in [3.8, 4) is 0 Å². The first-order chi connectivity index (χ1) is 8.08. The molecule has 1 rings (SSSR count). The largest absolute Gasteiger partial charge is 0.481 e. The van der Waals surface area contributed by atoms with Crippen molar-refractivity contribution in [2.45, 2.75) is 32.2 Å². The third kappa shape index (κ3) is 5.70. The molecule has 0 radical (unpaired) electrons. The van der Waals surface area contributed by atoms with E-state index in [4.69, 9.17) is 5.11 Å². The molecule has 0 aromatic heterocycles. The van der Waals surface area contributed by atoms with Crippen LogP contribution in [0, 0.1) is 0 Å². The summed E-state index contributed by atoms with van der Waals surface area (Å²) in [7, 11) is 0. The third-order valence-electron chi connectivity index (χ3n) is 2.41. The molecule has 0 fully saturated rings. The molecule has 1 amide bonds. The Morgan fingerprint density at radius 1 is 1.29 bits per heavy atom. The van der Waals surface area contributed by atoms with Crippen molar-refractivity contribution in [1.29, 1.82) is 0 Å². The first-order valence-corrected chi connectivity index (χ1v) is 5.63. The van der Waals surface area contributed by atoms with Crippen LogP contribution in [-0.4, -0.2) is 23.0 Å². The number of hydrogen-bond donors (Lipinski definition) is 2. The van der Waals surface area contributed by atoms with Crippen molar-refractivity contribution in [3.05, 3.63) is 35.9 Å². The van der Waals surface area contributed by atoms with Crippen LogP contribution in [-0.2, 0) is 16.0 Å². The van der Waals surface area contributed by atoms with Crippen molar-refractivity contribution in [3.63, 3.8) is 0 Å². The molecular formula is C13H17NO3. The number of aliphatic carboxylic acids is 1. The first kappa shape index (κ1) is 13.2. The van der Waals surface area contributed by atoms with Gasteiger partial charge in [-0.3, -0.25) is 9.59 Å². The van der Waals surface area contributed by atoms with E-state index >= 15 is 0 Å². The molecule has 0 heterocycles. The van der Waals surface area contributed by atoms with Gasteiger partial charge in [-0.2, -0.15) is 0 Å². The van der Waals surface area contributed by atoms with Gasteiger partial charge in [0.1, 0.15) is 0 Å². The maximum absolute atomic E-state index is 11.6. The lowest BCUT2D eigenvalue weighted by Gasteiger charge is -2.12. The van der Waals surface area contributed by atoms with Crippen LogP contribution < -0.4 is 5.32 Å². The zero-order valence-electron chi connectivity index (χ0n) is 9.85. The molecule has 17 heavy (non-hydrogen) atoms. The number of rotatable bonds is 6. The average Bonchev–Trinajstić information content (AvgIpc) is 2.27. The van der Waals surface area contributed by atoms with E-state index in [1.165, 1.54) is 0 Å². The topological polar surface area (TPSA) is 66.4 Å². The monoisotopic (exact) mass is 235 g/mol. The summed E-state index contributed by atoms with van der Waals surface area (Å²) in [4.78, 5) is 22.0. The molecule has 0 saturated heterocycles. The quantitative estimate of drug-likeness (QED) is 0.787. The number of carbonyl (C=O) groups is 2. The van der Waals surface area contributed by atoms with E-state index in [1.54, 1.807) is 0 Å². The van der Waals surface area contributed by atoms with Gasteiger partial charge in [0.15, 0.2) is 0 Å². The summed E-state index contributed by atoms with van der Waals surface area (Å²) in [5.41, 5.74) is 0.954. The summed E-state index contributed by atoms with van der Waals surface area (Å²) >= 11 is 0. The Labute approximate surface area is 101 Å². The van der Waals surface area contributed by atoms with Crippen molar-refractivity contribution in [2.24, 2.45) is 0 Å². The zero-order valence-corrected chi connectivity index (χ0v) is 9.85. The number of carbonyl (C=O) groups excluding carboxylic acids is 1. The number of benzene rings is 1. The van der Waals surface area contributed by atoms with Crippen molar-refractivity contribution in [2.75, 3.05) is 0 Å². The van der Waals surface area contributed by atoms with Gasteiger partial charge in [-0.1, -0.05) is 30.3 Å². The summed E-state index contributed by atoms with van der Waals surface area (Å²) in [6.45, 7) is 1.81. The molecule has 0 saturated carbocycles. The Bertz CT molecular complexity index is 376. The van der Waals surface area contributed by atoms with E-state index in [9.17, 15) is 9.59 Å². The van der Waals surface area contributed by atoms with Crippen molar-refractivity contribution in [1.82, 2.24) is 5.32 Å². The number of carboxylic acid groups (broad SMARTS) is 1. The molecule has 4 heteroatoms. The third-order valence-corrected chi connectivity index (χ3v) is 2.41. The zero-order chi connectivity index (χ0) is 12.7. The lowest BCUT2D eigenvalue weighted by atomic mass is 10.1. The second-order valence-corrected chi connectivity index (χ2v) is 4.06. The number of nitrogens with one attached hydrogen (secondary N) is 1. The minimum Gasteiger partial charge on any atom is -0.481 e. The number of hydrogen-bond acceptors (Lipinski definition) is 2. The number of amides is 1. The van der Waals surface area contributed by atoms with E-state index in [-0.39, 0.29) is 18.4 Å². The lowest BCUT2D eigenvalue weighted by molar-refractivity contribution is -0.137. The first-order valence-electron chi connectivity index (χ1n) is 5.63. The highest BCUT2D eigenvalue weighted by molar-refractivity contribution is 5.78. The van der Waals surface area contributed by atoms with Crippen LogP contribution in [0.15, 0.2) is 30.3 Å². The van der Waals surface area contributed by atoms with Crippen LogP contribution in [0.4, 0.5) is 0 Å². The Kier molecular flexibility index (Phi) is 5.20. The summed E-state index contributed by atoms with van der Waals surface area (Å²) in [5.74, 6) is -0.914. The van der Waals surface area contributed by atoms with E-state index < -0.39 is 5.97 Å². The fourth-order valence-electron chi connectivity index (χ4n) is 1.52. The van der Waals surface area contributed by atoms with E-state index in [1.807, 2.05) is 37.3 Å². The molecule has 4 nitrogen and oxygen atoms in total. The highest BCUT2D eigenvalue weighted by Crippen LogP contribution is 2.01. The Morgan fingerprint density at radius 3 is 2.53 bits per heavy atom. The highest BCUT2D eigenvalue weighted by Gasteiger charge is 2.09. The van der Waals surface area contributed by atoms with Crippen LogP contribution in [0.1, 0.15) is 25.3 Å². The minimum absolute atomic E-state index is 0.0749. The van der Waals surface area contributed by atoms with Crippen LogP contribution in [0.2, 0.25) is 0 Å². The Balaban J connectivity index is 2.32. The molecule has 0 aliphatic rings. The second-order valence-electron chi connectivity index (χ2n) is 4.06. The van der Waals surface area contributed by atoms with Gasteiger partial charge in [-0.05, 0) is 18.9 Å². The molecule has 0 aliphatic carbocycles. The second kappa shape index (κ2) is 6.68. The SMILES string of the molecule is C[C@@H](CCC(=O)O)NC(=O)Cc1ccccc1. The van der Waals surface area contributed by atoms with Crippen molar-refractivity contribution < 1.29 is 14.7 Å². The van der Waals surface area contributed by atoms with Gasteiger partial charge in [0.25, 0.3) is 0 Å². The highest BCUT2D eigenvalue weighted by atomic mass is 16.4. The van der Waals surface area contributed by atoms with Gasteiger partial charge in [-0.25, -0.2) is 0 Å². The predicted octanol–water partition coefficient (Wildman–Crippen LogP) is 1.60. The van der Waals surface area contributed by atoms with E-state index in [2.05, 4.69) is 5.32 Å². The van der Waals surface area contributed by atoms with Crippen LogP contribution in [0.3, 0.4) is 0 Å². The normalized spacial score (nSPS) is 11.8. The van der Waals surface area contributed by atoms with Crippen LogP contribution >= 0.6 is 0 Å². The maximum Gasteiger partial charge on any atom is 0.303 e. The van der Waals surface area contributed by atoms with Gasteiger partial charge in [-0.15, -0.1) is 0 Å². The molecule has 1 aromatic carbocycles. The fraction of sp³-hybridized carbons (Fsp3) is 0.385. The molecule has 0 spiro atoms. The standard InChI is InChI=1S/C13H17NO3/c1-10(7-8-13(16)17)14-12(15)9-11-5-3-2-4-6-11/h2-6,10H,7-9H2,1H3,(H,14,15)(H,16,17)/t10-/m0/s1. The minimum atomic E-state index is -0.839.